The molecule has 0 bridgehead atoms. The summed E-state index contributed by atoms with van der Waals surface area (Å²) in [6, 6.07) is 7.67. The highest BCUT2D eigenvalue weighted by Crippen LogP contribution is 2.32. The average molecular weight is 649 g/mol. The molecular formula is C34H48N8O5. The standard InChI is InChI=1S/C34H48N8O5/c43-28(41-47-29-15-7-10-22-46-29)14-5-2-8-20-35-33(44)24-16-18-25(19-17-24)37-34-38-30(27-13-6-9-21-45-27)31-32(39-34)36-23-42(31)40-26-11-3-1-4-12-26/h16-19,23,26-27,29,40H,1-15,20-22H2,(H,35,44)(H,41,43)(H,37,38,39). The number of anilines is 2. The van der Waals surface area contributed by atoms with Crippen LogP contribution in [0, 0.1) is 0 Å². The van der Waals surface area contributed by atoms with Crippen molar-refractivity contribution in [3.05, 3.63) is 41.9 Å². The number of unbranched alkanes of at least 4 members (excludes halogenated alkanes) is 2. The van der Waals surface area contributed by atoms with Gasteiger partial charge in [0.05, 0.1) is 0 Å². The summed E-state index contributed by atoms with van der Waals surface area (Å²) in [7, 11) is 0. The van der Waals surface area contributed by atoms with Crippen LogP contribution in [0.2, 0.25) is 0 Å². The molecule has 1 saturated carbocycles. The highest BCUT2D eigenvalue weighted by molar-refractivity contribution is 5.94. The second-order valence-corrected chi connectivity index (χ2v) is 12.7. The van der Waals surface area contributed by atoms with Crippen LogP contribution in [0.4, 0.5) is 11.6 Å². The smallest absolute Gasteiger partial charge is 0.251 e. The van der Waals surface area contributed by atoms with Crippen LogP contribution in [-0.4, -0.2) is 63.5 Å². The summed E-state index contributed by atoms with van der Waals surface area (Å²) in [5, 5.41) is 6.27. The molecule has 2 aromatic heterocycles. The molecule has 2 saturated heterocycles. The summed E-state index contributed by atoms with van der Waals surface area (Å²) >= 11 is 0. The Morgan fingerprint density at radius 3 is 2.43 bits per heavy atom. The first-order valence-electron chi connectivity index (χ1n) is 17.5. The minimum atomic E-state index is -0.344. The van der Waals surface area contributed by atoms with Crippen molar-refractivity contribution in [2.24, 2.45) is 0 Å². The van der Waals surface area contributed by atoms with Crippen LogP contribution >= 0.6 is 0 Å². The van der Waals surface area contributed by atoms with E-state index in [0.717, 1.165) is 94.1 Å². The van der Waals surface area contributed by atoms with Gasteiger partial charge in [-0.05, 0) is 82.1 Å². The van der Waals surface area contributed by atoms with Gasteiger partial charge in [0, 0.05) is 49.9 Å². The van der Waals surface area contributed by atoms with E-state index in [1.807, 2.05) is 16.8 Å². The molecule has 1 aliphatic carbocycles. The van der Waals surface area contributed by atoms with E-state index >= 15 is 0 Å². The van der Waals surface area contributed by atoms with Gasteiger partial charge >= 0.3 is 0 Å². The van der Waals surface area contributed by atoms with Gasteiger partial charge in [-0.1, -0.05) is 25.7 Å². The highest BCUT2D eigenvalue weighted by Gasteiger charge is 2.25. The second-order valence-electron chi connectivity index (χ2n) is 12.7. The van der Waals surface area contributed by atoms with Crippen molar-refractivity contribution in [3.63, 3.8) is 0 Å². The fourth-order valence-corrected chi connectivity index (χ4v) is 6.43. The number of aromatic nitrogens is 4. The quantitative estimate of drug-likeness (QED) is 0.129. The Kier molecular flexibility index (Phi) is 11.9. The van der Waals surface area contributed by atoms with Gasteiger partial charge in [-0.25, -0.2) is 25.0 Å². The lowest BCUT2D eigenvalue weighted by Gasteiger charge is -2.26. The predicted molar refractivity (Wildman–Crippen MR) is 177 cm³/mol. The van der Waals surface area contributed by atoms with Crippen LogP contribution in [-0.2, 0) is 19.1 Å². The van der Waals surface area contributed by atoms with Crippen molar-refractivity contribution in [1.29, 1.82) is 0 Å². The van der Waals surface area contributed by atoms with Crippen LogP contribution in [0.15, 0.2) is 30.6 Å². The zero-order valence-electron chi connectivity index (χ0n) is 27.2. The molecule has 47 heavy (non-hydrogen) atoms. The summed E-state index contributed by atoms with van der Waals surface area (Å²) < 4.78 is 13.6. The van der Waals surface area contributed by atoms with E-state index in [0.29, 0.717) is 42.8 Å². The Balaban J connectivity index is 0.986. The van der Waals surface area contributed by atoms with Crippen LogP contribution in [0.3, 0.4) is 0 Å². The molecule has 4 heterocycles. The molecule has 4 N–H and O–H groups in total. The lowest BCUT2D eigenvalue weighted by atomic mass is 9.96. The number of benzene rings is 1. The third-order valence-corrected chi connectivity index (χ3v) is 9.05. The van der Waals surface area contributed by atoms with Gasteiger partial charge in [-0.2, -0.15) is 4.98 Å². The number of imidazole rings is 1. The molecule has 3 aliphatic rings. The van der Waals surface area contributed by atoms with Gasteiger partial charge in [0.2, 0.25) is 11.9 Å². The maximum atomic E-state index is 12.7. The van der Waals surface area contributed by atoms with Crippen molar-refractivity contribution in [2.75, 3.05) is 30.5 Å². The van der Waals surface area contributed by atoms with Crippen molar-refractivity contribution in [3.8, 4) is 0 Å². The Labute approximate surface area is 275 Å². The number of fused-ring (bicyclic) bond motifs is 1. The average Bonchev–Trinajstić information content (AvgIpc) is 3.52. The first-order chi connectivity index (χ1) is 23.1. The Hall–Kier alpha value is -3.81. The SMILES string of the molecule is O=C(CCCCCNC(=O)c1ccc(Nc2nc(C3CCCCO3)c3c(ncn3NC3CCCCC3)n2)cc1)NOC1CCCCO1. The fourth-order valence-electron chi connectivity index (χ4n) is 6.43. The fraction of sp³-hybridized carbons (Fsp3) is 0.618. The lowest BCUT2D eigenvalue weighted by Crippen LogP contribution is -2.33. The first kappa shape index (κ1) is 33.1. The Morgan fingerprint density at radius 1 is 0.872 bits per heavy atom. The van der Waals surface area contributed by atoms with Gasteiger partial charge in [-0.3, -0.25) is 9.59 Å². The number of hydrogen-bond donors (Lipinski definition) is 4. The number of ether oxygens (including phenoxy) is 2. The van der Waals surface area contributed by atoms with Crippen LogP contribution in [0.1, 0.15) is 118 Å². The van der Waals surface area contributed by atoms with Gasteiger partial charge in [-0.15, -0.1) is 0 Å². The van der Waals surface area contributed by atoms with E-state index in [2.05, 4.69) is 26.5 Å². The van der Waals surface area contributed by atoms with E-state index in [-0.39, 0.29) is 24.2 Å². The molecule has 2 unspecified atom stereocenters. The van der Waals surface area contributed by atoms with E-state index in [1.165, 1.54) is 19.3 Å². The number of carbonyl (C=O) groups excluding carboxylic acids is 2. The van der Waals surface area contributed by atoms with E-state index in [9.17, 15) is 9.59 Å². The normalized spacial score (nSPS) is 20.5. The molecule has 254 valence electrons. The molecule has 1 aromatic carbocycles. The van der Waals surface area contributed by atoms with Crippen molar-refractivity contribution < 1.29 is 23.9 Å². The minimum Gasteiger partial charge on any atom is -0.372 e. The van der Waals surface area contributed by atoms with E-state index in [4.69, 9.17) is 24.3 Å². The van der Waals surface area contributed by atoms with E-state index in [1.54, 1.807) is 18.5 Å². The summed E-state index contributed by atoms with van der Waals surface area (Å²) in [5.41, 5.74) is 9.81. The summed E-state index contributed by atoms with van der Waals surface area (Å²) in [6.45, 7) is 1.92. The second kappa shape index (κ2) is 16.8. The van der Waals surface area contributed by atoms with Crippen molar-refractivity contribution in [1.82, 2.24) is 30.4 Å². The molecule has 2 atom stereocenters. The van der Waals surface area contributed by atoms with Crippen molar-refractivity contribution >= 4 is 34.6 Å². The van der Waals surface area contributed by atoms with Crippen LogP contribution < -0.4 is 21.5 Å². The zero-order valence-corrected chi connectivity index (χ0v) is 27.2. The first-order valence-corrected chi connectivity index (χ1v) is 17.5. The number of nitrogens with zero attached hydrogens (tertiary/aromatic N) is 4. The zero-order chi connectivity index (χ0) is 32.3. The molecule has 13 heteroatoms. The molecule has 3 fully saturated rings. The third-order valence-electron chi connectivity index (χ3n) is 9.05. The molecule has 3 aromatic rings. The summed E-state index contributed by atoms with van der Waals surface area (Å²) in [5.74, 6) is 0.159. The number of rotatable bonds is 14. The largest absolute Gasteiger partial charge is 0.372 e. The summed E-state index contributed by atoms with van der Waals surface area (Å²) in [6.07, 6.45) is 16.0. The molecule has 2 amide bonds. The summed E-state index contributed by atoms with van der Waals surface area (Å²) in [4.78, 5) is 44.3. The highest BCUT2D eigenvalue weighted by atomic mass is 16.8. The minimum absolute atomic E-state index is 0.114. The number of hydrogen-bond acceptors (Lipinski definition) is 10. The number of amides is 2. The Morgan fingerprint density at radius 2 is 1.66 bits per heavy atom. The molecule has 13 nitrogen and oxygen atoms in total. The lowest BCUT2D eigenvalue weighted by molar-refractivity contribution is -0.200. The molecule has 6 rings (SSSR count). The Bertz CT molecular complexity index is 1450. The maximum absolute atomic E-state index is 12.7. The molecular weight excluding hydrogens is 600 g/mol. The van der Waals surface area contributed by atoms with Gasteiger partial charge < -0.3 is 25.5 Å². The number of nitrogens with one attached hydrogen (secondary N) is 4. The third kappa shape index (κ3) is 9.39. The number of carbonyl (C=O) groups is 2. The topological polar surface area (TPSA) is 154 Å². The van der Waals surface area contributed by atoms with Gasteiger partial charge in [0.25, 0.3) is 5.91 Å². The van der Waals surface area contributed by atoms with Gasteiger partial charge in [0.15, 0.2) is 11.9 Å². The van der Waals surface area contributed by atoms with Crippen LogP contribution in [0.25, 0.3) is 11.2 Å². The molecule has 2 aliphatic heterocycles. The van der Waals surface area contributed by atoms with Crippen molar-refractivity contribution in [2.45, 2.75) is 115 Å². The van der Waals surface area contributed by atoms with E-state index < -0.39 is 0 Å². The monoisotopic (exact) mass is 648 g/mol. The van der Waals surface area contributed by atoms with Crippen LogP contribution in [0.5, 0.6) is 0 Å². The number of hydroxylamine groups is 1. The molecule has 0 radical (unpaired) electrons. The molecule has 0 spiro atoms. The van der Waals surface area contributed by atoms with Gasteiger partial charge in [0.1, 0.15) is 23.6 Å². The predicted octanol–water partition coefficient (Wildman–Crippen LogP) is 5.55. The maximum Gasteiger partial charge on any atom is 0.251 e.